The van der Waals surface area contributed by atoms with Crippen molar-refractivity contribution in [1.29, 1.82) is 5.26 Å². The van der Waals surface area contributed by atoms with Crippen molar-refractivity contribution in [3.63, 3.8) is 0 Å². The van der Waals surface area contributed by atoms with Gasteiger partial charge in [0.25, 0.3) is 0 Å². The highest BCUT2D eigenvalue weighted by Gasteiger charge is 2.13. The van der Waals surface area contributed by atoms with Crippen LogP contribution in [0.15, 0.2) is 30.7 Å². The molecule has 0 amide bonds. The van der Waals surface area contributed by atoms with Crippen LogP contribution in [0.2, 0.25) is 0 Å². The van der Waals surface area contributed by atoms with Gasteiger partial charge in [-0.1, -0.05) is 12.2 Å². The summed E-state index contributed by atoms with van der Waals surface area (Å²) in [5.41, 5.74) is 2.22. The molecule has 0 radical (unpaired) electrons. The van der Waals surface area contributed by atoms with Gasteiger partial charge in [0.15, 0.2) is 5.69 Å². The fourth-order valence-electron chi connectivity index (χ4n) is 3.03. The van der Waals surface area contributed by atoms with Gasteiger partial charge in [-0.05, 0) is 38.3 Å². The number of nitriles is 1. The second-order valence-corrected chi connectivity index (χ2v) is 6.67. The summed E-state index contributed by atoms with van der Waals surface area (Å²) in [7, 11) is 0. The van der Waals surface area contributed by atoms with E-state index in [-0.39, 0.29) is 12.3 Å². The standard InChI is InChI=1S/C20H25N7O/c21-10-17-13-26-20(14-23-17)27-19-9-18(16(12-25-19)3-1-2-8-28)24-11-15-4-6-22-7-5-15/h1,3,9,12-15,22,28H,2,4-8,11H2,(H2,24,25,26,27)/b3-1+. The zero-order valence-corrected chi connectivity index (χ0v) is 15.7. The minimum atomic E-state index is 0.124. The van der Waals surface area contributed by atoms with Gasteiger partial charge in [-0.15, -0.1) is 0 Å². The molecular weight excluding hydrogens is 354 g/mol. The van der Waals surface area contributed by atoms with Crippen molar-refractivity contribution in [3.05, 3.63) is 42.0 Å². The second-order valence-electron chi connectivity index (χ2n) is 6.67. The minimum absolute atomic E-state index is 0.124. The molecule has 0 aliphatic carbocycles. The Morgan fingerprint density at radius 2 is 2.00 bits per heavy atom. The number of pyridine rings is 1. The van der Waals surface area contributed by atoms with Crippen LogP contribution in [0.3, 0.4) is 0 Å². The van der Waals surface area contributed by atoms with Crippen LogP contribution in [-0.4, -0.2) is 46.3 Å². The van der Waals surface area contributed by atoms with Gasteiger partial charge in [-0.3, -0.25) is 0 Å². The van der Waals surface area contributed by atoms with E-state index in [1.54, 1.807) is 6.20 Å². The smallest absolute Gasteiger partial charge is 0.158 e. The van der Waals surface area contributed by atoms with Crippen LogP contribution in [-0.2, 0) is 0 Å². The van der Waals surface area contributed by atoms with Crippen molar-refractivity contribution in [3.8, 4) is 6.07 Å². The Labute approximate surface area is 164 Å². The molecule has 0 bridgehead atoms. The minimum Gasteiger partial charge on any atom is -0.396 e. The molecule has 4 N–H and O–H groups in total. The Morgan fingerprint density at radius 1 is 1.18 bits per heavy atom. The van der Waals surface area contributed by atoms with Crippen molar-refractivity contribution < 1.29 is 5.11 Å². The molecule has 1 aliphatic heterocycles. The predicted molar refractivity (Wildman–Crippen MR) is 109 cm³/mol. The molecule has 1 saturated heterocycles. The molecule has 0 atom stereocenters. The molecule has 28 heavy (non-hydrogen) atoms. The number of anilines is 3. The molecule has 2 aromatic heterocycles. The SMILES string of the molecule is N#Cc1cnc(Nc2cc(NCC3CCNCC3)c(/C=C/CCO)cn2)cn1. The summed E-state index contributed by atoms with van der Waals surface area (Å²) in [6, 6.07) is 3.89. The Kier molecular flexibility index (Phi) is 7.29. The van der Waals surface area contributed by atoms with Crippen molar-refractivity contribution in [2.75, 3.05) is 36.9 Å². The first-order valence-electron chi connectivity index (χ1n) is 9.49. The molecule has 1 fully saturated rings. The molecule has 3 heterocycles. The number of aliphatic hydroxyl groups excluding tert-OH is 1. The number of hydrogen-bond acceptors (Lipinski definition) is 8. The Bertz CT molecular complexity index is 823. The zero-order chi connectivity index (χ0) is 19.6. The molecule has 3 rings (SSSR count). The molecule has 0 spiro atoms. The van der Waals surface area contributed by atoms with Gasteiger partial charge in [-0.25, -0.2) is 15.0 Å². The first kappa shape index (κ1) is 19.7. The first-order valence-corrected chi connectivity index (χ1v) is 9.49. The molecule has 0 aromatic carbocycles. The van der Waals surface area contributed by atoms with Gasteiger partial charge in [-0.2, -0.15) is 5.26 Å². The first-order chi connectivity index (χ1) is 13.8. The van der Waals surface area contributed by atoms with Crippen molar-refractivity contribution in [2.45, 2.75) is 19.3 Å². The maximum atomic E-state index is 9.00. The topological polar surface area (TPSA) is 119 Å². The van der Waals surface area contributed by atoms with Crippen molar-refractivity contribution >= 4 is 23.4 Å². The van der Waals surface area contributed by atoms with Crippen LogP contribution in [0.5, 0.6) is 0 Å². The van der Waals surface area contributed by atoms with Crippen LogP contribution in [0.1, 0.15) is 30.5 Å². The van der Waals surface area contributed by atoms with E-state index in [1.165, 1.54) is 25.2 Å². The lowest BCUT2D eigenvalue weighted by atomic mass is 9.98. The third kappa shape index (κ3) is 5.74. The number of rotatable bonds is 8. The van der Waals surface area contributed by atoms with Crippen LogP contribution in [0.25, 0.3) is 6.08 Å². The lowest BCUT2D eigenvalue weighted by Crippen LogP contribution is -2.31. The highest BCUT2D eigenvalue weighted by atomic mass is 16.2. The van der Waals surface area contributed by atoms with Crippen molar-refractivity contribution in [1.82, 2.24) is 20.3 Å². The Morgan fingerprint density at radius 3 is 2.71 bits per heavy atom. The molecule has 8 heteroatoms. The summed E-state index contributed by atoms with van der Waals surface area (Å²) in [5.74, 6) is 1.81. The Balaban J connectivity index is 1.74. The van der Waals surface area contributed by atoms with E-state index < -0.39 is 0 Å². The summed E-state index contributed by atoms with van der Waals surface area (Å²) in [6.07, 6.45) is 11.6. The summed E-state index contributed by atoms with van der Waals surface area (Å²) in [5, 5.41) is 27.9. The predicted octanol–water partition coefficient (Wildman–Crippen LogP) is 2.29. The molecule has 1 aliphatic rings. The fraction of sp³-hybridized carbons (Fsp3) is 0.400. The average Bonchev–Trinajstić information content (AvgIpc) is 2.75. The summed E-state index contributed by atoms with van der Waals surface area (Å²) >= 11 is 0. The highest BCUT2D eigenvalue weighted by molar-refractivity contribution is 5.70. The molecule has 0 unspecified atom stereocenters. The molecule has 0 saturated carbocycles. The maximum Gasteiger partial charge on any atom is 0.158 e. The largest absolute Gasteiger partial charge is 0.396 e. The maximum absolute atomic E-state index is 9.00. The van der Waals surface area contributed by atoms with Gasteiger partial charge in [0.1, 0.15) is 17.7 Å². The van der Waals surface area contributed by atoms with E-state index in [2.05, 4.69) is 30.9 Å². The van der Waals surface area contributed by atoms with Crippen LogP contribution in [0, 0.1) is 17.2 Å². The van der Waals surface area contributed by atoms with E-state index in [0.717, 1.165) is 30.9 Å². The van der Waals surface area contributed by atoms with Gasteiger partial charge >= 0.3 is 0 Å². The van der Waals surface area contributed by atoms with Crippen LogP contribution < -0.4 is 16.0 Å². The number of hydrogen-bond donors (Lipinski definition) is 4. The molecule has 146 valence electrons. The van der Waals surface area contributed by atoms with Gasteiger partial charge in [0, 0.05) is 36.7 Å². The zero-order valence-electron chi connectivity index (χ0n) is 15.7. The van der Waals surface area contributed by atoms with Crippen LogP contribution >= 0.6 is 0 Å². The van der Waals surface area contributed by atoms with E-state index >= 15 is 0 Å². The summed E-state index contributed by atoms with van der Waals surface area (Å²) < 4.78 is 0. The third-order valence-electron chi connectivity index (χ3n) is 4.59. The molecular formula is C20H25N7O. The molecule has 2 aromatic rings. The average molecular weight is 379 g/mol. The number of piperidine rings is 1. The fourth-order valence-corrected chi connectivity index (χ4v) is 3.03. The lowest BCUT2D eigenvalue weighted by Gasteiger charge is -2.23. The summed E-state index contributed by atoms with van der Waals surface area (Å²) in [6.45, 7) is 3.16. The van der Waals surface area contributed by atoms with Gasteiger partial charge in [0.2, 0.25) is 0 Å². The number of nitrogens with zero attached hydrogens (tertiary/aromatic N) is 4. The Hall–Kier alpha value is -3.02. The van der Waals surface area contributed by atoms with Crippen molar-refractivity contribution in [2.24, 2.45) is 5.92 Å². The van der Waals surface area contributed by atoms with E-state index in [1.807, 2.05) is 24.3 Å². The number of aromatic nitrogens is 3. The third-order valence-corrected chi connectivity index (χ3v) is 4.59. The van der Waals surface area contributed by atoms with Gasteiger partial charge < -0.3 is 21.1 Å². The second kappa shape index (κ2) is 10.3. The van der Waals surface area contributed by atoms with Crippen LogP contribution in [0.4, 0.5) is 17.3 Å². The highest BCUT2D eigenvalue weighted by Crippen LogP contribution is 2.23. The number of nitrogens with one attached hydrogen (secondary N) is 3. The monoisotopic (exact) mass is 379 g/mol. The quantitative estimate of drug-likeness (QED) is 0.552. The van der Waals surface area contributed by atoms with E-state index in [4.69, 9.17) is 10.4 Å². The summed E-state index contributed by atoms with van der Waals surface area (Å²) in [4.78, 5) is 12.6. The normalized spacial score (nSPS) is 14.7. The van der Waals surface area contributed by atoms with E-state index in [9.17, 15) is 0 Å². The van der Waals surface area contributed by atoms with E-state index in [0.29, 0.717) is 24.0 Å². The number of aliphatic hydroxyl groups is 1. The van der Waals surface area contributed by atoms with Gasteiger partial charge in [0.05, 0.1) is 12.4 Å². The lowest BCUT2D eigenvalue weighted by molar-refractivity contribution is 0.303. The molecule has 8 nitrogen and oxygen atoms in total.